The Bertz CT molecular complexity index is 241. The van der Waals surface area contributed by atoms with Crippen LogP contribution < -0.4 is 5.32 Å². The van der Waals surface area contributed by atoms with Crippen LogP contribution in [-0.4, -0.2) is 31.8 Å². The highest BCUT2D eigenvalue weighted by atomic mass is 16.6. The molecule has 0 spiro atoms. The lowest BCUT2D eigenvalue weighted by molar-refractivity contribution is -0.138. The molecular formula is C12H21NO4. The van der Waals surface area contributed by atoms with Crippen LogP contribution in [0.1, 0.15) is 32.6 Å². The first-order valence-electron chi connectivity index (χ1n) is 5.90. The van der Waals surface area contributed by atoms with Crippen LogP contribution in [0.15, 0.2) is 12.7 Å². The largest absolute Gasteiger partial charge is 0.459 e. The van der Waals surface area contributed by atoms with E-state index < -0.39 is 12.1 Å². The highest BCUT2D eigenvalue weighted by molar-refractivity contribution is 5.81. The second kappa shape index (κ2) is 11.0. The first-order chi connectivity index (χ1) is 8.20. The molecule has 0 saturated carbocycles. The van der Waals surface area contributed by atoms with Gasteiger partial charge in [0.25, 0.3) is 0 Å². The number of esters is 1. The number of hydrogen-bond donors (Lipinski definition) is 1. The van der Waals surface area contributed by atoms with Crippen molar-refractivity contribution in [1.82, 2.24) is 5.32 Å². The van der Waals surface area contributed by atoms with Gasteiger partial charge in [0, 0.05) is 12.6 Å². The zero-order chi connectivity index (χ0) is 12.9. The molecule has 0 aliphatic heterocycles. The summed E-state index contributed by atoms with van der Waals surface area (Å²) in [6.45, 7) is 6.10. The van der Waals surface area contributed by atoms with Gasteiger partial charge in [-0.05, 0) is 6.42 Å². The van der Waals surface area contributed by atoms with Crippen LogP contribution in [0.4, 0.5) is 4.79 Å². The molecule has 0 heterocycles. The van der Waals surface area contributed by atoms with Gasteiger partial charge in [0.1, 0.15) is 13.2 Å². The van der Waals surface area contributed by atoms with Crippen molar-refractivity contribution in [3.05, 3.63) is 12.7 Å². The second-order valence-electron chi connectivity index (χ2n) is 3.49. The Morgan fingerprint density at radius 3 is 2.53 bits per heavy atom. The van der Waals surface area contributed by atoms with Gasteiger partial charge in [-0.1, -0.05) is 32.8 Å². The first-order valence-corrected chi connectivity index (χ1v) is 5.90. The summed E-state index contributed by atoms with van der Waals surface area (Å²) in [5.74, 6) is -0.520. The lowest BCUT2D eigenvalue weighted by atomic mass is 10.2. The molecule has 0 aliphatic rings. The SMILES string of the molecule is C=CC(=O)OCCOC(=O)NCCCCCC. The Kier molecular flexibility index (Phi) is 10.00. The molecule has 0 radical (unpaired) electrons. The van der Waals surface area contributed by atoms with Crippen molar-refractivity contribution in [2.75, 3.05) is 19.8 Å². The molecule has 0 rings (SSSR count). The number of ether oxygens (including phenoxy) is 2. The molecule has 1 amide bonds. The summed E-state index contributed by atoms with van der Waals surface area (Å²) in [5, 5.41) is 2.62. The predicted octanol–water partition coefficient (Wildman–Crippen LogP) is 2.02. The summed E-state index contributed by atoms with van der Waals surface area (Å²) in [5.41, 5.74) is 0. The molecule has 0 aromatic heterocycles. The van der Waals surface area contributed by atoms with E-state index in [1.54, 1.807) is 0 Å². The Hall–Kier alpha value is -1.52. The summed E-state index contributed by atoms with van der Waals surface area (Å²) in [6.07, 6.45) is 4.99. The number of nitrogens with one attached hydrogen (secondary N) is 1. The molecule has 1 N–H and O–H groups in total. The number of carbonyl (C=O) groups excluding carboxylic acids is 2. The van der Waals surface area contributed by atoms with Crippen LogP contribution in [0.3, 0.4) is 0 Å². The molecule has 5 nitrogen and oxygen atoms in total. The molecule has 0 aromatic carbocycles. The van der Waals surface area contributed by atoms with Crippen molar-refractivity contribution in [3.8, 4) is 0 Å². The molecule has 0 aromatic rings. The third-order valence-electron chi connectivity index (χ3n) is 2.03. The molecule has 17 heavy (non-hydrogen) atoms. The maximum absolute atomic E-state index is 11.1. The fourth-order valence-electron chi connectivity index (χ4n) is 1.13. The van der Waals surface area contributed by atoms with Crippen LogP contribution in [0.5, 0.6) is 0 Å². The van der Waals surface area contributed by atoms with Gasteiger partial charge in [0.05, 0.1) is 0 Å². The van der Waals surface area contributed by atoms with Crippen LogP contribution in [-0.2, 0) is 14.3 Å². The molecule has 0 bridgehead atoms. The minimum Gasteiger partial charge on any atom is -0.459 e. The van der Waals surface area contributed by atoms with Crippen molar-refractivity contribution in [2.45, 2.75) is 32.6 Å². The summed E-state index contributed by atoms with van der Waals surface area (Å²) < 4.78 is 9.42. The average Bonchev–Trinajstić information content (AvgIpc) is 2.34. The Morgan fingerprint density at radius 2 is 1.88 bits per heavy atom. The van der Waals surface area contributed by atoms with Gasteiger partial charge < -0.3 is 14.8 Å². The van der Waals surface area contributed by atoms with Gasteiger partial charge in [-0.3, -0.25) is 0 Å². The smallest absolute Gasteiger partial charge is 0.407 e. The Balaban J connectivity index is 3.29. The highest BCUT2D eigenvalue weighted by Crippen LogP contribution is 1.97. The molecular weight excluding hydrogens is 222 g/mol. The van der Waals surface area contributed by atoms with Gasteiger partial charge in [-0.25, -0.2) is 9.59 Å². The van der Waals surface area contributed by atoms with E-state index in [-0.39, 0.29) is 13.2 Å². The molecule has 0 fully saturated rings. The van der Waals surface area contributed by atoms with E-state index >= 15 is 0 Å². The van der Waals surface area contributed by atoms with Crippen molar-refractivity contribution in [2.24, 2.45) is 0 Å². The van der Waals surface area contributed by atoms with Crippen LogP contribution in [0, 0.1) is 0 Å². The zero-order valence-electron chi connectivity index (χ0n) is 10.4. The van der Waals surface area contributed by atoms with E-state index in [1.165, 1.54) is 12.8 Å². The number of amides is 1. The number of unbranched alkanes of at least 4 members (excludes halogenated alkanes) is 3. The van der Waals surface area contributed by atoms with Crippen molar-refractivity contribution >= 4 is 12.1 Å². The Morgan fingerprint density at radius 1 is 1.18 bits per heavy atom. The topological polar surface area (TPSA) is 64.6 Å². The van der Waals surface area contributed by atoms with Gasteiger partial charge >= 0.3 is 12.1 Å². The fourth-order valence-corrected chi connectivity index (χ4v) is 1.13. The molecule has 98 valence electrons. The van der Waals surface area contributed by atoms with Gasteiger partial charge in [-0.2, -0.15) is 0 Å². The molecule has 0 unspecified atom stereocenters. The standard InChI is InChI=1S/C12H21NO4/c1-3-5-6-7-8-13-12(15)17-10-9-16-11(14)4-2/h4H,2-3,5-10H2,1H3,(H,13,15). The van der Waals surface area contributed by atoms with E-state index in [0.717, 1.165) is 18.9 Å². The maximum Gasteiger partial charge on any atom is 0.407 e. The van der Waals surface area contributed by atoms with Crippen LogP contribution >= 0.6 is 0 Å². The number of hydrogen-bond acceptors (Lipinski definition) is 4. The minimum atomic E-state index is -0.520. The third-order valence-corrected chi connectivity index (χ3v) is 2.03. The zero-order valence-corrected chi connectivity index (χ0v) is 10.4. The van der Waals surface area contributed by atoms with Gasteiger partial charge in [0.15, 0.2) is 0 Å². The first kappa shape index (κ1) is 15.5. The summed E-state index contributed by atoms with van der Waals surface area (Å²) >= 11 is 0. The van der Waals surface area contributed by atoms with Crippen LogP contribution in [0.25, 0.3) is 0 Å². The van der Waals surface area contributed by atoms with Gasteiger partial charge in [-0.15, -0.1) is 0 Å². The highest BCUT2D eigenvalue weighted by Gasteiger charge is 2.01. The van der Waals surface area contributed by atoms with E-state index in [9.17, 15) is 9.59 Å². The number of rotatable bonds is 9. The molecule has 0 aliphatic carbocycles. The van der Waals surface area contributed by atoms with E-state index in [2.05, 4.69) is 23.6 Å². The summed E-state index contributed by atoms with van der Waals surface area (Å²) in [7, 11) is 0. The average molecular weight is 243 g/mol. The van der Waals surface area contributed by atoms with Crippen LogP contribution in [0.2, 0.25) is 0 Å². The number of alkyl carbamates (subject to hydrolysis) is 1. The van der Waals surface area contributed by atoms with Crippen molar-refractivity contribution in [1.29, 1.82) is 0 Å². The monoisotopic (exact) mass is 243 g/mol. The van der Waals surface area contributed by atoms with Crippen molar-refractivity contribution in [3.63, 3.8) is 0 Å². The van der Waals surface area contributed by atoms with E-state index in [0.29, 0.717) is 6.54 Å². The Labute approximate surface area is 102 Å². The lowest BCUT2D eigenvalue weighted by Crippen LogP contribution is -2.26. The molecule has 0 atom stereocenters. The molecule has 0 saturated heterocycles. The van der Waals surface area contributed by atoms with Gasteiger partial charge in [0.2, 0.25) is 0 Å². The van der Waals surface area contributed by atoms with E-state index in [1.807, 2.05) is 0 Å². The fraction of sp³-hybridized carbons (Fsp3) is 0.667. The lowest BCUT2D eigenvalue weighted by Gasteiger charge is -2.06. The summed E-state index contributed by atoms with van der Waals surface area (Å²) in [4.78, 5) is 21.7. The predicted molar refractivity (Wildman–Crippen MR) is 64.6 cm³/mol. The quantitative estimate of drug-likeness (QED) is 0.382. The minimum absolute atomic E-state index is 0.0497. The van der Waals surface area contributed by atoms with Crippen molar-refractivity contribution < 1.29 is 19.1 Å². The molecule has 5 heteroatoms. The third kappa shape index (κ3) is 10.8. The van der Waals surface area contributed by atoms with E-state index in [4.69, 9.17) is 4.74 Å². The summed E-state index contributed by atoms with van der Waals surface area (Å²) in [6, 6.07) is 0. The number of carbonyl (C=O) groups is 2. The second-order valence-corrected chi connectivity index (χ2v) is 3.49. The normalized spacial score (nSPS) is 9.47. The maximum atomic E-state index is 11.1.